The van der Waals surface area contributed by atoms with Gasteiger partial charge in [-0.05, 0) is 41.3 Å². The molecule has 3 rings (SSSR count). The van der Waals surface area contributed by atoms with Crippen molar-refractivity contribution in [3.05, 3.63) is 81.6 Å². The van der Waals surface area contributed by atoms with Crippen molar-refractivity contribution in [1.29, 1.82) is 0 Å². The highest BCUT2D eigenvalue weighted by atomic mass is 35.5. The monoisotopic (exact) mass is 343 g/mol. The van der Waals surface area contributed by atoms with Crippen LogP contribution in [0, 0.1) is 0 Å². The molecule has 3 aromatic rings. The molecule has 0 unspecified atom stereocenters. The Hall–Kier alpha value is -2.37. The number of urea groups is 1. The van der Waals surface area contributed by atoms with Crippen molar-refractivity contribution in [3.63, 3.8) is 0 Å². The third-order valence-electron chi connectivity index (χ3n) is 3.21. The zero-order valence-corrected chi connectivity index (χ0v) is 13.6. The van der Waals surface area contributed by atoms with Crippen LogP contribution >= 0.6 is 22.9 Å². The number of pyridine rings is 1. The van der Waals surface area contributed by atoms with E-state index in [-0.39, 0.29) is 12.1 Å². The zero-order chi connectivity index (χ0) is 16.1. The van der Waals surface area contributed by atoms with E-state index in [4.69, 9.17) is 11.6 Å². The Morgan fingerprint density at radius 2 is 1.91 bits per heavy atom. The fourth-order valence-electron chi connectivity index (χ4n) is 2.15. The van der Waals surface area contributed by atoms with Gasteiger partial charge in [0.2, 0.25) is 0 Å². The average Bonchev–Trinajstić information content (AvgIpc) is 3.09. The maximum atomic E-state index is 12.3. The molecule has 0 aliphatic rings. The number of carbonyl (C=O) groups is 1. The normalized spacial score (nSPS) is 11.7. The molecule has 116 valence electrons. The van der Waals surface area contributed by atoms with Gasteiger partial charge in [0.1, 0.15) is 5.82 Å². The Morgan fingerprint density at radius 1 is 1.09 bits per heavy atom. The molecular weight excluding hydrogens is 330 g/mol. The Balaban J connectivity index is 1.79. The summed E-state index contributed by atoms with van der Waals surface area (Å²) in [6.07, 6.45) is 1.63. The summed E-state index contributed by atoms with van der Waals surface area (Å²) in [5.41, 5.74) is 0.966. The number of halogens is 1. The van der Waals surface area contributed by atoms with Gasteiger partial charge in [-0.15, -0.1) is 11.3 Å². The first-order valence-electron chi connectivity index (χ1n) is 7.00. The largest absolute Gasteiger partial charge is 0.326 e. The topological polar surface area (TPSA) is 54.0 Å². The number of nitrogens with one attached hydrogen (secondary N) is 2. The Labute approximate surface area is 143 Å². The highest BCUT2D eigenvalue weighted by Crippen LogP contribution is 2.27. The molecule has 0 aliphatic carbocycles. The Morgan fingerprint density at radius 3 is 2.57 bits per heavy atom. The minimum absolute atomic E-state index is 0.240. The predicted octanol–water partition coefficient (Wildman–Crippen LogP) is 4.71. The number of carbonyl (C=O) groups excluding carboxylic acids is 1. The fraction of sp³-hybridized carbons (Fsp3) is 0.0588. The van der Waals surface area contributed by atoms with Gasteiger partial charge in [0.15, 0.2) is 0 Å². The number of anilines is 1. The van der Waals surface area contributed by atoms with Crippen LogP contribution in [0.5, 0.6) is 0 Å². The van der Waals surface area contributed by atoms with Crippen molar-refractivity contribution in [1.82, 2.24) is 10.3 Å². The summed E-state index contributed by atoms with van der Waals surface area (Å²) in [5.74, 6) is 0.506. The minimum Gasteiger partial charge on any atom is -0.326 e. The highest BCUT2D eigenvalue weighted by molar-refractivity contribution is 7.10. The molecule has 23 heavy (non-hydrogen) atoms. The molecular formula is C17H14ClN3OS. The van der Waals surface area contributed by atoms with Gasteiger partial charge in [0.25, 0.3) is 0 Å². The number of aromatic nitrogens is 1. The second kappa shape index (κ2) is 7.26. The Kier molecular flexibility index (Phi) is 4.90. The van der Waals surface area contributed by atoms with E-state index in [1.165, 1.54) is 0 Å². The Bertz CT molecular complexity index is 760. The fourth-order valence-corrected chi connectivity index (χ4v) is 3.08. The van der Waals surface area contributed by atoms with Gasteiger partial charge in [-0.1, -0.05) is 35.9 Å². The predicted molar refractivity (Wildman–Crippen MR) is 94.0 cm³/mol. The van der Waals surface area contributed by atoms with Crippen LogP contribution in [0.25, 0.3) is 0 Å². The molecule has 4 nitrogen and oxygen atoms in total. The van der Waals surface area contributed by atoms with E-state index in [2.05, 4.69) is 15.6 Å². The quantitative estimate of drug-likeness (QED) is 0.721. The number of benzene rings is 1. The average molecular weight is 344 g/mol. The first-order chi connectivity index (χ1) is 11.2. The molecule has 0 fully saturated rings. The van der Waals surface area contributed by atoms with Gasteiger partial charge in [-0.2, -0.15) is 0 Å². The maximum absolute atomic E-state index is 12.3. The van der Waals surface area contributed by atoms with Crippen molar-refractivity contribution in [2.45, 2.75) is 6.04 Å². The number of rotatable bonds is 4. The van der Waals surface area contributed by atoms with E-state index in [9.17, 15) is 4.79 Å². The van der Waals surface area contributed by atoms with Crippen molar-refractivity contribution in [2.24, 2.45) is 0 Å². The first-order valence-corrected chi connectivity index (χ1v) is 8.25. The van der Waals surface area contributed by atoms with Gasteiger partial charge in [-0.3, -0.25) is 5.32 Å². The lowest BCUT2D eigenvalue weighted by Crippen LogP contribution is -2.33. The van der Waals surface area contributed by atoms with Crippen LogP contribution in [0.2, 0.25) is 5.02 Å². The standard InChI is InChI=1S/C17H14ClN3OS/c18-13-8-6-12(7-9-13)16(14-4-3-11-23-14)21-17(22)20-15-5-1-2-10-19-15/h1-11,16H,(H2,19,20,21,22)/t16-/m1/s1. The van der Waals surface area contributed by atoms with E-state index in [1.54, 1.807) is 29.7 Å². The van der Waals surface area contributed by atoms with Crippen LogP contribution in [0.1, 0.15) is 16.5 Å². The third kappa shape index (κ3) is 4.09. The van der Waals surface area contributed by atoms with E-state index in [0.29, 0.717) is 10.8 Å². The second-order valence-corrected chi connectivity index (χ2v) is 6.23. The van der Waals surface area contributed by atoms with Crippen LogP contribution < -0.4 is 10.6 Å². The van der Waals surface area contributed by atoms with E-state index in [0.717, 1.165) is 10.4 Å². The summed E-state index contributed by atoms with van der Waals surface area (Å²) < 4.78 is 0. The van der Waals surface area contributed by atoms with Crippen molar-refractivity contribution in [2.75, 3.05) is 5.32 Å². The van der Waals surface area contributed by atoms with Gasteiger partial charge in [0.05, 0.1) is 6.04 Å². The maximum Gasteiger partial charge on any atom is 0.321 e. The lowest BCUT2D eigenvalue weighted by Gasteiger charge is -2.18. The highest BCUT2D eigenvalue weighted by Gasteiger charge is 2.18. The summed E-state index contributed by atoms with van der Waals surface area (Å²) in [6.45, 7) is 0. The number of nitrogens with zero attached hydrogens (tertiary/aromatic N) is 1. The molecule has 1 atom stereocenters. The van der Waals surface area contributed by atoms with E-state index in [1.807, 2.05) is 47.8 Å². The van der Waals surface area contributed by atoms with Gasteiger partial charge < -0.3 is 5.32 Å². The van der Waals surface area contributed by atoms with Crippen LogP contribution in [0.4, 0.5) is 10.6 Å². The molecule has 2 N–H and O–H groups in total. The van der Waals surface area contributed by atoms with Crippen LogP contribution in [-0.2, 0) is 0 Å². The molecule has 2 aromatic heterocycles. The molecule has 0 saturated heterocycles. The lowest BCUT2D eigenvalue weighted by molar-refractivity contribution is 0.250. The van der Waals surface area contributed by atoms with E-state index >= 15 is 0 Å². The van der Waals surface area contributed by atoms with Crippen LogP contribution in [0.15, 0.2) is 66.2 Å². The molecule has 6 heteroatoms. The van der Waals surface area contributed by atoms with Gasteiger partial charge in [-0.25, -0.2) is 9.78 Å². The smallest absolute Gasteiger partial charge is 0.321 e. The zero-order valence-electron chi connectivity index (χ0n) is 12.1. The van der Waals surface area contributed by atoms with Crippen LogP contribution in [-0.4, -0.2) is 11.0 Å². The molecule has 0 spiro atoms. The third-order valence-corrected chi connectivity index (χ3v) is 4.40. The molecule has 2 heterocycles. The van der Waals surface area contributed by atoms with Crippen molar-refractivity contribution < 1.29 is 4.79 Å². The van der Waals surface area contributed by atoms with Crippen LogP contribution in [0.3, 0.4) is 0 Å². The molecule has 2 amide bonds. The van der Waals surface area contributed by atoms with Crippen molar-refractivity contribution in [3.8, 4) is 0 Å². The SMILES string of the molecule is O=C(Nc1ccccn1)N[C@H](c1ccc(Cl)cc1)c1cccs1. The second-order valence-electron chi connectivity index (χ2n) is 4.81. The number of hydrogen-bond donors (Lipinski definition) is 2. The number of thiophene rings is 1. The molecule has 0 bridgehead atoms. The molecule has 0 aliphatic heterocycles. The minimum atomic E-state index is -0.308. The lowest BCUT2D eigenvalue weighted by atomic mass is 10.1. The molecule has 0 saturated carbocycles. The first kappa shape index (κ1) is 15.5. The van der Waals surface area contributed by atoms with Gasteiger partial charge >= 0.3 is 6.03 Å². The van der Waals surface area contributed by atoms with E-state index < -0.39 is 0 Å². The van der Waals surface area contributed by atoms with Gasteiger partial charge in [0, 0.05) is 16.1 Å². The molecule has 0 radical (unpaired) electrons. The summed E-state index contributed by atoms with van der Waals surface area (Å²) >= 11 is 7.54. The van der Waals surface area contributed by atoms with Crippen molar-refractivity contribution >= 4 is 34.8 Å². The number of hydrogen-bond acceptors (Lipinski definition) is 3. The number of amides is 2. The summed E-state index contributed by atoms with van der Waals surface area (Å²) in [7, 11) is 0. The summed E-state index contributed by atoms with van der Waals surface area (Å²) in [5, 5.41) is 8.36. The summed E-state index contributed by atoms with van der Waals surface area (Å²) in [6, 6.07) is 16.2. The summed E-state index contributed by atoms with van der Waals surface area (Å²) in [4.78, 5) is 17.4. The molecule has 1 aromatic carbocycles.